The van der Waals surface area contributed by atoms with Gasteiger partial charge in [0.25, 0.3) is 0 Å². The van der Waals surface area contributed by atoms with Crippen molar-refractivity contribution in [1.29, 1.82) is 0 Å². The number of hydrogen-bond donors (Lipinski definition) is 0. The third-order valence-corrected chi connectivity index (χ3v) is 4.02. The lowest BCUT2D eigenvalue weighted by Crippen LogP contribution is -1.88. The summed E-state index contributed by atoms with van der Waals surface area (Å²) in [5.41, 5.74) is 0.775. The Bertz CT molecular complexity index is 315. The molecule has 82 valence electrons. The van der Waals surface area contributed by atoms with Crippen LogP contribution in [0.1, 0.15) is 37.0 Å². The second-order valence-electron chi connectivity index (χ2n) is 4.08. The molecule has 0 amide bonds. The predicted octanol–water partition coefficient (Wildman–Crippen LogP) is 3.79. The highest BCUT2D eigenvalue weighted by molar-refractivity contribution is 8.00. The Labute approximate surface area is 96.3 Å². The van der Waals surface area contributed by atoms with E-state index < -0.39 is 0 Å². The molecule has 0 bridgehead atoms. The second-order valence-corrected chi connectivity index (χ2v) is 5.47. The number of rotatable bonds is 2. The van der Waals surface area contributed by atoms with Crippen molar-refractivity contribution in [2.45, 2.75) is 31.4 Å². The summed E-state index contributed by atoms with van der Waals surface area (Å²) in [4.78, 5) is 10.6. The van der Waals surface area contributed by atoms with E-state index in [2.05, 4.69) is 13.2 Å². The first kappa shape index (κ1) is 12.3. The first-order valence-electron chi connectivity index (χ1n) is 5.18. The summed E-state index contributed by atoms with van der Waals surface area (Å²) in [5.74, 6) is 0.121. The average Bonchev–Trinajstić information content (AvgIpc) is 3.00. The van der Waals surface area contributed by atoms with Crippen LogP contribution in [0, 0.1) is 0 Å². The quantitative estimate of drug-likeness (QED) is 0.708. The highest BCUT2D eigenvalue weighted by atomic mass is 32.2. The van der Waals surface area contributed by atoms with Crippen molar-refractivity contribution < 1.29 is 4.79 Å². The SMILES string of the molecule is CC(=O)c1ccccc1.CSC1(C)CC1. The first-order chi connectivity index (χ1) is 7.07. The Morgan fingerprint density at radius 1 is 1.27 bits per heavy atom. The standard InChI is InChI=1S/C8H8O.C5H10S/c1-7(9)8-5-3-2-4-6-8;1-5(6-2)3-4-5/h2-6H,1H3;3-4H2,1-2H3. The van der Waals surface area contributed by atoms with Crippen molar-refractivity contribution >= 4 is 17.5 Å². The van der Waals surface area contributed by atoms with Crippen LogP contribution in [-0.2, 0) is 0 Å². The molecule has 1 aromatic carbocycles. The molecule has 0 heterocycles. The molecule has 1 aliphatic carbocycles. The van der Waals surface area contributed by atoms with Crippen LogP contribution in [0.25, 0.3) is 0 Å². The Morgan fingerprint density at radius 2 is 1.80 bits per heavy atom. The molecule has 0 spiro atoms. The van der Waals surface area contributed by atoms with Gasteiger partial charge in [0.1, 0.15) is 0 Å². The van der Waals surface area contributed by atoms with Crippen LogP contribution in [0.4, 0.5) is 0 Å². The molecule has 0 saturated heterocycles. The largest absolute Gasteiger partial charge is 0.295 e. The van der Waals surface area contributed by atoms with Crippen LogP contribution < -0.4 is 0 Å². The molecule has 15 heavy (non-hydrogen) atoms. The van der Waals surface area contributed by atoms with Gasteiger partial charge >= 0.3 is 0 Å². The van der Waals surface area contributed by atoms with Crippen molar-refractivity contribution in [3.8, 4) is 0 Å². The summed E-state index contributed by atoms with van der Waals surface area (Å²) in [6.45, 7) is 3.88. The molecule has 1 fully saturated rings. The molecule has 1 aliphatic rings. The zero-order valence-corrected chi connectivity index (χ0v) is 10.4. The molecular weight excluding hydrogens is 204 g/mol. The highest BCUT2D eigenvalue weighted by Gasteiger charge is 2.35. The Balaban J connectivity index is 0.000000162. The summed E-state index contributed by atoms with van der Waals surface area (Å²) in [6.07, 6.45) is 5.06. The summed E-state index contributed by atoms with van der Waals surface area (Å²) < 4.78 is 0.708. The molecule has 0 atom stereocenters. The van der Waals surface area contributed by atoms with E-state index in [1.165, 1.54) is 12.8 Å². The fraction of sp³-hybridized carbons (Fsp3) is 0.462. The molecule has 0 N–H and O–H groups in total. The van der Waals surface area contributed by atoms with Crippen LogP contribution in [0.5, 0.6) is 0 Å². The first-order valence-corrected chi connectivity index (χ1v) is 6.41. The van der Waals surface area contributed by atoms with Gasteiger partial charge in [-0.15, -0.1) is 0 Å². The van der Waals surface area contributed by atoms with E-state index in [0.717, 1.165) is 5.56 Å². The summed E-state index contributed by atoms with van der Waals surface area (Å²) in [7, 11) is 0. The molecule has 1 saturated carbocycles. The van der Waals surface area contributed by atoms with Gasteiger partial charge in [-0.3, -0.25) is 4.79 Å². The molecule has 0 aliphatic heterocycles. The van der Waals surface area contributed by atoms with Gasteiger partial charge in [-0.25, -0.2) is 0 Å². The summed E-state index contributed by atoms with van der Waals surface area (Å²) in [6, 6.07) is 9.23. The molecule has 2 rings (SSSR count). The molecule has 1 nitrogen and oxygen atoms in total. The number of benzene rings is 1. The van der Waals surface area contributed by atoms with E-state index in [1.807, 2.05) is 42.1 Å². The van der Waals surface area contributed by atoms with Crippen LogP contribution in [0.15, 0.2) is 30.3 Å². The molecule has 1 aromatic rings. The van der Waals surface area contributed by atoms with E-state index >= 15 is 0 Å². The van der Waals surface area contributed by atoms with Gasteiger partial charge < -0.3 is 0 Å². The highest BCUT2D eigenvalue weighted by Crippen LogP contribution is 2.46. The van der Waals surface area contributed by atoms with Gasteiger partial charge in [0, 0.05) is 10.3 Å². The zero-order chi connectivity index (χ0) is 11.3. The Hall–Kier alpha value is -0.760. The fourth-order valence-electron chi connectivity index (χ4n) is 1.05. The maximum atomic E-state index is 10.6. The Kier molecular flexibility index (Phi) is 4.40. The van der Waals surface area contributed by atoms with Crippen LogP contribution >= 0.6 is 11.8 Å². The molecule has 2 heteroatoms. The van der Waals surface area contributed by atoms with Crippen molar-refractivity contribution in [3.63, 3.8) is 0 Å². The average molecular weight is 222 g/mol. The van der Waals surface area contributed by atoms with Crippen molar-refractivity contribution in [2.75, 3.05) is 6.26 Å². The van der Waals surface area contributed by atoms with E-state index in [0.29, 0.717) is 4.75 Å². The monoisotopic (exact) mass is 222 g/mol. The maximum Gasteiger partial charge on any atom is 0.159 e. The zero-order valence-electron chi connectivity index (χ0n) is 9.62. The topological polar surface area (TPSA) is 17.1 Å². The normalized spacial score (nSPS) is 16.2. The van der Waals surface area contributed by atoms with Crippen molar-refractivity contribution in [1.82, 2.24) is 0 Å². The van der Waals surface area contributed by atoms with Gasteiger partial charge in [-0.2, -0.15) is 11.8 Å². The van der Waals surface area contributed by atoms with Gasteiger partial charge in [0.2, 0.25) is 0 Å². The number of thioether (sulfide) groups is 1. The van der Waals surface area contributed by atoms with Crippen LogP contribution in [-0.4, -0.2) is 16.8 Å². The van der Waals surface area contributed by atoms with Crippen LogP contribution in [0.3, 0.4) is 0 Å². The smallest absolute Gasteiger partial charge is 0.159 e. The lowest BCUT2D eigenvalue weighted by Gasteiger charge is -1.96. The van der Waals surface area contributed by atoms with E-state index in [4.69, 9.17) is 0 Å². The maximum absolute atomic E-state index is 10.6. The van der Waals surface area contributed by atoms with Gasteiger partial charge in [0.05, 0.1) is 0 Å². The lowest BCUT2D eigenvalue weighted by molar-refractivity contribution is 0.101. The van der Waals surface area contributed by atoms with E-state index in [-0.39, 0.29) is 5.78 Å². The fourth-order valence-corrected chi connectivity index (χ4v) is 1.56. The van der Waals surface area contributed by atoms with Gasteiger partial charge in [0.15, 0.2) is 5.78 Å². The Morgan fingerprint density at radius 3 is 2.00 bits per heavy atom. The van der Waals surface area contributed by atoms with E-state index in [9.17, 15) is 4.79 Å². The van der Waals surface area contributed by atoms with E-state index in [1.54, 1.807) is 6.92 Å². The molecular formula is C13H18OS. The number of ketones is 1. The van der Waals surface area contributed by atoms with Gasteiger partial charge in [-0.05, 0) is 26.0 Å². The minimum atomic E-state index is 0.121. The number of Topliss-reactive ketones (excluding diaryl/α,β-unsaturated/α-hetero) is 1. The summed E-state index contributed by atoms with van der Waals surface area (Å²) >= 11 is 1.99. The molecule has 0 unspecified atom stereocenters. The minimum absolute atomic E-state index is 0.121. The van der Waals surface area contributed by atoms with Crippen molar-refractivity contribution in [2.24, 2.45) is 0 Å². The predicted molar refractivity (Wildman–Crippen MR) is 67.6 cm³/mol. The van der Waals surface area contributed by atoms with Crippen molar-refractivity contribution in [3.05, 3.63) is 35.9 Å². The summed E-state index contributed by atoms with van der Waals surface area (Å²) in [5, 5.41) is 0. The third-order valence-electron chi connectivity index (χ3n) is 2.63. The minimum Gasteiger partial charge on any atom is -0.295 e. The second kappa shape index (κ2) is 5.36. The number of hydrogen-bond acceptors (Lipinski definition) is 2. The molecule has 0 radical (unpaired) electrons. The third kappa shape index (κ3) is 4.52. The molecule has 0 aromatic heterocycles. The lowest BCUT2D eigenvalue weighted by atomic mass is 10.2. The number of carbonyl (C=O) groups is 1. The van der Waals surface area contributed by atoms with Crippen LogP contribution in [0.2, 0.25) is 0 Å². The number of carbonyl (C=O) groups excluding carboxylic acids is 1. The van der Waals surface area contributed by atoms with Gasteiger partial charge in [-0.1, -0.05) is 37.3 Å².